The zero-order valence-corrected chi connectivity index (χ0v) is 15.2. The van der Waals surface area contributed by atoms with E-state index in [9.17, 15) is 9.18 Å². The minimum Gasteiger partial charge on any atom is -0.366 e. The number of hydrogen-bond donors (Lipinski definition) is 1. The van der Waals surface area contributed by atoms with Gasteiger partial charge in [0.1, 0.15) is 5.82 Å². The Morgan fingerprint density at radius 3 is 2.42 bits per heavy atom. The van der Waals surface area contributed by atoms with Crippen molar-refractivity contribution in [2.24, 2.45) is 0 Å². The number of amides is 1. The van der Waals surface area contributed by atoms with Gasteiger partial charge in [-0.15, -0.1) is 0 Å². The highest BCUT2D eigenvalue weighted by molar-refractivity contribution is 5.76. The number of piperazine rings is 1. The normalized spacial score (nSPS) is 14.5. The van der Waals surface area contributed by atoms with Gasteiger partial charge in [0.2, 0.25) is 5.91 Å². The number of halogens is 1. The molecule has 0 radical (unpaired) electrons. The maximum Gasteiger partial charge on any atom is 0.223 e. The van der Waals surface area contributed by atoms with Gasteiger partial charge in [-0.3, -0.25) is 4.79 Å². The molecular weight excluding hydrogens is 329 g/mol. The van der Waals surface area contributed by atoms with E-state index in [1.54, 1.807) is 12.1 Å². The van der Waals surface area contributed by atoms with E-state index in [-0.39, 0.29) is 11.7 Å². The second-order valence-electron chi connectivity index (χ2n) is 6.73. The van der Waals surface area contributed by atoms with Gasteiger partial charge in [0.15, 0.2) is 0 Å². The number of carbonyl (C=O) groups is 1. The minimum absolute atomic E-state index is 0.162. The Bertz CT molecular complexity index is 724. The summed E-state index contributed by atoms with van der Waals surface area (Å²) in [6.45, 7) is 6.14. The number of hydrogen-bond acceptors (Lipinski definition) is 3. The number of anilines is 1. The quantitative estimate of drug-likeness (QED) is 0.810. The monoisotopic (exact) mass is 355 g/mol. The van der Waals surface area contributed by atoms with Crippen LogP contribution < -0.4 is 10.2 Å². The van der Waals surface area contributed by atoms with Crippen molar-refractivity contribution >= 4 is 11.6 Å². The summed E-state index contributed by atoms with van der Waals surface area (Å²) in [4.78, 5) is 16.2. The predicted molar refractivity (Wildman–Crippen MR) is 103 cm³/mol. The summed E-state index contributed by atoms with van der Waals surface area (Å²) in [6, 6.07) is 15.2. The fourth-order valence-electron chi connectivity index (χ4n) is 3.20. The average molecular weight is 355 g/mol. The molecule has 0 aliphatic carbocycles. The zero-order valence-electron chi connectivity index (χ0n) is 15.2. The molecule has 1 aliphatic rings. The number of para-hydroxylation sites is 1. The largest absolute Gasteiger partial charge is 0.366 e. The van der Waals surface area contributed by atoms with Crippen molar-refractivity contribution in [2.45, 2.75) is 19.9 Å². The molecule has 2 aromatic rings. The Morgan fingerprint density at radius 2 is 1.73 bits per heavy atom. The molecule has 1 N–H and O–H groups in total. The SMILES string of the molecule is Cc1ccc(CNCCC(=O)N2CCN(c3ccccc3F)CC2)cc1. The number of nitrogens with zero attached hydrogens (tertiary/aromatic N) is 2. The molecule has 1 heterocycles. The lowest BCUT2D eigenvalue weighted by molar-refractivity contribution is -0.131. The fraction of sp³-hybridized carbons (Fsp3) is 0.381. The Morgan fingerprint density at radius 1 is 1.04 bits per heavy atom. The lowest BCUT2D eigenvalue weighted by Gasteiger charge is -2.36. The summed E-state index contributed by atoms with van der Waals surface area (Å²) in [7, 11) is 0. The summed E-state index contributed by atoms with van der Waals surface area (Å²) >= 11 is 0. The van der Waals surface area contributed by atoms with Crippen molar-refractivity contribution < 1.29 is 9.18 Å². The van der Waals surface area contributed by atoms with Crippen molar-refractivity contribution in [1.29, 1.82) is 0 Å². The molecule has 5 heteroatoms. The van der Waals surface area contributed by atoms with E-state index in [1.807, 2.05) is 15.9 Å². The molecule has 0 unspecified atom stereocenters. The van der Waals surface area contributed by atoms with Gasteiger partial charge >= 0.3 is 0 Å². The molecule has 1 aliphatic heterocycles. The van der Waals surface area contributed by atoms with Crippen LogP contribution in [-0.4, -0.2) is 43.5 Å². The predicted octanol–water partition coefficient (Wildman–Crippen LogP) is 2.96. The molecule has 26 heavy (non-hydrogen) atoms. The topological polar surface area (TPSA) is 35.6 Å². The van der Waals surface area contributed by atoms with E-state index in [4.69, 9.17) is 0 Å². The first-order valence-corrected chi connectivity index (χ1v) is 9.17. The lowest BCUT2D eigenvalue weighted by Crippen LogP contribution is -2.49. The summed E-state index contributed by atoms with van der Waals surface area (Å²) < 4.78 is 13.9. The first-order chi connectivity index (χ1) is 12.6. The maximum atomic E-state index is 13.9. The van der Waals surface area contributed by atoms with Crippen molar-refractivity contribution in [2.75, 3.05) is 37.6 Å². The standard InChI is InChI=1S/C21H26FN3O/c1-17-6-8-18(9-7-17)16-23-11-10-21(26)25-14-12-24(13-15-25)20-5-3-2-4-19(20)22/h2-9,23H,10-16H2,1H3. The van der Waals surface area contributed by atoms with Crippen molar-refractivity contribution in [3.63, 3.8) is 0 Å². The molecule has 2 aromatic carbocycles. The van der Waals surface area contributed by atoms with Crippen LogP contribution in [0.15, 0.2) is 48.5 Å². The zero-order chi connectivity index (χ0) is 18.4. The van der Waals surface area contributed by atoms with Crippen LogP contribution in [0.5, 0.6) is 0 Å². The summed E-state index contributed by atoms with van der Waals surface area (Å²) in [5.74, 6) is -0.0397. The molecule has 3 rings (SSSR count). The Balaban J connectivity index is 1.38. The second-order valence-corrected chi connectivity index (χ2v) is 6.73. The van der Waals surface area contributed by atoms with E-state index in [0.29, 0.717) is 44.8 Å². The van der Waals surface area contributed by atoms with Crippen LogP contribution >= 0.6 is 0 Å². The van der Waals surface area contributed by atoms with Crippen LogP contribution in [0.3, 0.4) is 0 Å². The molecule has 4 nitrogen and oxygen atoms in total. The van der Waals surface area contributed by atoms with Crippen molar-refractivity contribution in [3.8, 4) is 0 Å². The highest BCUT2D eigenvalue weighted by Crippen LogP contribution is 2.20. The van der Waals surface area contributed by atoms with Gasteiger partial charge in [-0.25, -0.2) is 4.39 Å². The molecule has 0 bridgehead atoms. The number of rotatable bonds is 6. The third-order valence-electron chi connectivity index (χ3n) is 4.79. The Kier molecular flexibility index (Phi) is 6.23. The molecular formula is C21H26FN3O. The van der Waals surface area contributed by atoms with E-state index in [1.165, 1.54) is 17.2 Å². The van der Waals surface area contributed by atoms with Crippen molar-refractivity contribution in [3.05, 3.63) is 65.5 Å². The highest BCUT2D eigenvalue weighted by Gasteiger charge is 2.22. The van der Waals surface area contributed by atoms with Gasteiger partial charge in [-0.1, -0.05) is 42.0 Å². The van der Waals surface area contributed by atoms with Gasteiger partial charge < -0.3 is 15.1 Å². The molecule has 1 saturated heterocycles. The molecule has 138 valence electrons. The van der Waals surface area contributed by atoms with Gasteiger partial charge in [0, 0.05) is 45.7 Å². The fourth-order valence-corrected chi connectivity index (χ4v) is 3.20. The highest BCUT2D eigenvalue weighted by atomic mass is 19.1. The summed E-state index contributed by atoms with van der Waals surface area (Å²) in [6.07, 6.45) is 0.492. The molecule has 1 amide bonds. The molecule has 1 fully saturated rings. The van der Waals surface area contributed by atoms with E-state index < -0.39 is 0 Å². The first kappa shape index (κ1) is 18.4. The Hall–Kier alpha value is -2.40. The van der Waals surface area contributed by atoms with Gasteiger partial charge in [-0.05, 0) is 24.6 Å². The average Bonchev–Trinajstić information content (AvgIpc) is 2.67. The third kappa shape index (κ3) is 4.82. The molecule has 0 atom stereocenters. The smallest absolute Gasteiger partial charge is 0.223 e. The third-order valence-corrected chi connectivity index (χ3v) is 4.79. The van der Waals surface area contributed by atoms with E-state index in [0.717, 1.165) is 6.54 Å². The summed E-state index contributed by atoms with van der Waals surface area (Å²) in [5.41, 5.74) is 3.10. The van der Waals surface area contributed by atoms with Crippen molar-refractivity contribution in [1.82, 2.24) is 10.2 Å². The second kappa shape index (κ2) is 8.81. The van der Waals surface area contributed by atoms with Crippen LogP contribution in [0, 0.1) is 12.7 Å². The lowest BCUT2D eigenvalue weighted by atomic mass is 10.1. The first-order valence-electron chi connectivity index (χ1n) is 9.17. The number of benzene rings is 2. The van der Waals surface area contributed by atoms with Crippen LogP contribution in [0.25, 0.3) is 0 Å². The number of nitrogens with one attached hydrogen (secondary N) is 1. The van der Waals surface area contributed by atoms with Crippen LogP contribution in [0.2, 0.25) is 0 Å². The van der Waals surface area contributed by atoms with E-state index in [2.05, 4.69) is 36.5 Å². The van der Waals surface area contributed by atoms with Crippen LogP contribution in [0.1, 0.15) is 17.5 Å². The number of carbonyl (C=O) groups excluding carboxylic acids is 1. The van der Waals surface area contributed by atoms with Gasteiger partial charge in [0.05, 0.1) is 5.69 Å². The molecule has 0 aromatic heterocycles. The minimum atomic E-state index is -0.201. The molecule has 0 saturated carbocycles. The summed E-state index contributed by atoms with van der Waals surface area (Å²) in [5, 5.41) is 3.33. The van der Waals surface area contributed by atoms with Crippen LogP contribution in [-0.2, 0) is 11.3 Å². The van der Waals surface area contributed by atoms with Gasteiger partial charge in [0.25, 0.3) is 0 Å². The van der Waals surface area contributed by atoms with Crippen LogP contribution in [0.4, 0.5) is 10.1 Å². The van der Waals surface area contributed by atoms with Gasteiger partial charge in [-0.2, -0.15) is 0 Å². The maximum absolute atomic E-state index is 13.9. The molecule has 0 spiro atoms. The Labute approximate surface area is 154 Å². The van der Waals surface area contributed by atoms with E-state index >= 15 is 0 Å². The number of aryl methyl sites for hydroxylation is 1.